The molecule has 1 N–H and O–H groups in total. The number of likely N-dealkylation sites (tertiary alicyclic amines) is 1. The Morgan fingerprint density at radius 3 is 2.61 bits per heavy atom. The molecule has 1 spiro atoms. The van der Waals surface area contributed by atoms with E-state index in [1.54, 1.807) is 0 Å². The minimum absolute atomic E-state index is 0.269. The Labute approximate surface area is 109 Å². The van der Waals surface area contributed by atoms with Gasteiger partial charge in [0.2, 0.25) is 0 Å². The van der Waals surface area contributed by atoms with Crippen molar-refractivity contribution in [3.8, 4) is 0 Å². The zero-order valence-electron chi connectivity index (χ0n) is 10.9. The molecule has 0 bridgehead atoms. The molecule has 2 fully saturated rings. The normalized spacial score (nSPS) is 24.2. The van der Waals surface area contributed by atoms with Crippen LogP contribution in [-0.4, -0.2) is 43.3 Å². The fourth-order valence-corrected chi connectivity index (χ4v) is 3.01. The average molecular weight is 246 g/mol. The van der Waals surface area contributed by atoms with Crippen molar-refractivity contribution >= 4 is 0 Å². The van der Waals surface area contributed by atoms with E-state index in [-0.39, 0.29) is 5.54 Å². The summed E-state index contributed by atoms with van der Waals surface area (Å²) in [4.78, 5) is 2.55. The first-order valence-electron chi connectivity index (χ1n) is 6.95. The van der Waals surface area contributed by atoms with Crippen molar-refractivity contribution in [2.24, 2.45) is 0 Å². The van der Waals surface area contributed by atoms with Crippen LogP contribution in [-0.2, 0) is 11.3 Å². The van der Waals surface area contributed by atoms with Gasteiger partial charge in [0.15, 0.2) is 0 Å². The third kappa shape index (κ3) is 2.74. The van der Waals surface area contributed by atoms with Crippen molar-refractivity contribution in [3.63, 3.8) is 0 Å². The number of benzene rings is 1. The van der Waals surface area contributed by atoms with Crippen LogP contribution in [0.15, 0.2) is 30.3 Å². The van der Waals surface area contributed by atoms with Gasteiger partial charge in [0, 0.05) is 31.7 Å². The summed E-state index contributed by atoms with van der Waals surface area (Å²) < 4.78 is 5.64. The van der Waals surface area contributed by atoms with Gasteiger partial charge in [-0.2, -0.15) is 0 Å². The maximum Gasteiger partial charge on any atom is 0.0649 e. The van der Waals surface area contributed by atoms with Crippen LogP contribution in [0.5, 0.6) is 0 Å². The molecule has 18 heavy (non-hydrogen) atoms. The molecule has 0 unspecified atom stereocenters. The first-order chi connectivity index (χ1) is 8.86. The molecule has 0 amide bonds. The molecule has 2 aliphatic rings. The number of nitrogens with zero attached hydrogens (tertiary/aromatic N) is 1. The average Bonchev–Trinajstić information content (AvgIpc) is 2.44. The third-order valence-corrected chi connectivity index (χ3v) is 4.19. The topological polar surface area (TPSA) is 24.5 Å². The van der Waals surface area contributed by atoms with Gasteiger partial charge in [0.25, 0.3) is 0 Å². The van der Waals surface area contributed by atoms with E-state index in [1.165, 1.54) is 31.5 Å². The summed E-state index contributed by atoms with van der Waals surface area (Å²) in [6.07, 6.45) is 2.42. The fourth-order valence-electron chi connectivity index (χ4n) is 3.01. The summed E-state index contributed by atoms with van der Waals surface area (Å²) in [7, 11) is 0. The number of hydrogen-bond acceptors (Lipinski definition) is 3. The van der Waals surface area contributed by atoms with Gasteiger partial charge >= 0.3 is 0 Å². The van der Waals surface area contributed by atoms with E-state index in [2.05, 4.69) is 40.5 Å². The van der Waals surface area contributed by atoms with Crippen molar-refractivity contribution in [1.29, 1.82) is 0 Å². The fraction of sp³-hybridized carbons (Fsp3) is 0.600. The van der Waals surface area contributed by atoms with E-state index in [4.69, 9.17) is 4.74 Å². The minimum atomic E-state index is 0.269. The predicted octanol–water partition coefficient (Wildman–Crippen LogP) is 1.64. The molecule has 0 radical (unpaired) electrons. The summed E-state index contributed by atoms with van der Waals surface area (Å²) in [6.45, 7) is 6.20. The maximum absolute atomic E-state index is 5.64. The number of nitrogens with one attached hydrogen (secondary N) is 1. The largest absolute Gasteiger partial charge is 0.378 e. The van der Waals surface area contributed by atoms with Gasteiger partial charge in [-0.1, -0.05) is 30.3 Å². The zero-order chi connectivity index (χ0) is 12.3. The SMILES string of the molecule is c1ccc(CN2CCC3(CC2)COCCN3)cc1. The van der Waals surface area contributed by atoms with Gasteiger partial charge in [0.05, 0.1) is 13.2 Å². The van der Waals surface area contributed by atoms with E-state index in [9.17, 15) is 0 Å². The van der Waals surface area contributed by atoms with Crippen molar-refractivity contribution < 1.29 is 4.74 Å². The van der Waals surface area contributed by atoms with E-state index in [0.29, 0.717) is 0 Å². The summed E-state index contributed by atoms with van der Waals surface area (Å²) in [5.74, 6) is 0. The number of ether oxygens (including phenoxy) is 1. The van der Waals surface area contributed by atoms with Crippen LogP contribution in [0.1, 0.15) is 18.4 Å². The Bertz CT molecular complexity index is 363. The molecule has 0 aliphatic carbocycles. The lowest BCUT2D eigenvalue weighted by atomic mass is 9.87. The van der Waals surface area contributed by atoms with Crippen molar-refractivity contribution in [2.45, 2.75) is 24.9 Å². The van der Waals surface area contributed by atoms with Crippen LogP contribution in [0.3, 0.4) is 0 Å². The molecule has 3 nitrogen and oxygen atoms in total. The molecule has 0 atom stereocenters. The standard InChI is InChI=1S/C15H22N2O/c1-2-4-14(5-3-1)12-17-9-6-15(7-10-17)13-18-11-8-16-15/h1-5,16H,6-13H2. The second kappa shape index (κ2) is 5.39. The van der Waals surface area contributed by atoms with E-state index >= 15 is 0 Å². The van der Waals surface area contributed by atoms with E-state index < -0.39 is 0 Å². The molecular weight excluding hydrogens is 224 g/mol. The Hall–Kier alpha value is -0.900. The molecule has 3 rings (SSSR count). The van der Waals surface area contributed by atoms with Crippen LogP contribution < -0.4 is 5.32 Å². The number of morpholine rings is 1. The summed E-state index contributed by atoms with van der Waals surface area (Å²) in [6, 6.07) is 10.8. The summed E-state index contributed by atoms with van der Waals surface area (Å²) in [5.41, 5.74) is 1.69. The van der Waals surface area contributed by atoms with Gasteiger partial charge in [-0.3, -0.25) is 4.90 Å². The summed E-state index contributed by atoms with van der Waals surface area (Å²) in [5, 5.41) is 3.67. The van der Waals surface area contributed by atoms with Crippen LogP contribution >= 0.6 is 0 Å². The van der Waals surface area contributed by atoms with Crippen LogP contribution in [0.25, 0.3) is 0 Å². The zero-order valence-corrected chi connectivity index (χ0v) is 10.9. The Kier molecular flexibility index (Phi) is 3.64. The van der Waals surface area contributed by atoms with Gasteiger partial charge in [-0.15, -0.1) is 0 Å². The lowest BCUT2D eigenvalue weighted by Crippen LogP contribution is -2.59. The Balaban J connectivity index is 1.54. The van der Waals surface area contributed by atoms with Crippen LogP contribution in [0.2, 0.25) is 0 Å². The monoisotopic (exact) mass is 246 g/mol. The molecule has 0 saturated carbocycles. The van der Waals surface area contributed by atoms with Crippen LogP contribution in [0.4, 0.5) is 0 Å². The highest BCUT2D eigenvalue weighted by atomic mass is 16.5. The molecule has 1 aromatic carbocycles. The third-order valence-electron chi connectivity index (χ3n) is 4.19. The van der Waals surface area contributed by atoms with E-state index in [0.717, 1.165) is 26.3 Å². The van der Waals surface area contributed by atoms with Gasteiger partial charge in [-0.05, 0) is 18.4 Å². The Morgan fingerprint density at radius 2 is 1.94 bits per heavy atom. The van der Waals surface area contributed by atoms with Gasteiger partial charge in [0.1, 0.15) is 0 Å². The minimum Gasteiger partial charge on any atom is -0.378 e. The number of rotatable bonds is 2. The second-order valence-electron chi connectivity index (χ2n) is 5.52. The smallest absolute Gasteiger partial charge is 0.0649 e. The maximum atomic E-state index is 5.64. The molecule has 98 valence electrons. The summed E-state index contributed by atoms with van der Waals surface area (Å²) >= 11 is 0. The van der Waals surface area contributed by atoms with Gasteiger partial charge in [-0.25, -0.2) is 0 Å². The number of hydrogen-bond donors (Lipinski definition) is 1. The molecule has 2 saturated heterocycles. The first kappa shape index (κ1) is 12.2. The molecular formula is C15H22N2O. The highest BCUT2D eigenvalue weighted by molar-refractivity contribution is 5.14. The molecule has 0 aromatic heterocycles. The molecule has 2 aliphatic heterocycles. The predicted molar refractivity (Wildman–Crippen MR) is 72.5 cm³/mol. The molecule has 1 aromatic rings. The van der Waals surface area contributed by atoms with Gasteiger partial charge < -0.3 is 10.1 Å². The lowest BCUT2D eigenvalue weighted by molar-refractivity contribution is -0.00650. The van der Waals surface area contributed by atoms with E-state index in [1.807, 2.05) is 0 Å². The van der Waals surface area contributed by atoms with Crippen LogP contribution in [0, 0.1) is 0 Å². The lowest BCUT2D eigenvalue weighted by Gasteiger charge is -2.44. The molecule has 2 heterocycles. The van der Waals surface area contributed by atoms with Crippen molar-refractivity contribution in [2.75, 3.05) is 32.8 Å². The second-order valence-corrected chi connectivity index (χ2v) is 5.52. The number of piperidine rings is 1. The highest BCUT2D eigenvalue weighted by Gasteiger charge is 2.35. The quantitative estimate of drug-likeness (QED) is 0.858. The first-order valence-corrected chi connectivity index (χ1v) is 6.95. The Morgan fingerprint density at radius 1 is 1.17 bits per heavy atom. The highest BCUT2D eigenvalue weighted by Crippen LogP contribution is 2.25. The van der Waals surface area contributed by atoms with Crippen molar-refractivity contribution in [3.05, 3.63) is 35.9 Å². The van der Waals surface area contributed by atoms with Crippen molar-refractivity contribution in [1.82, 2.24) is 10.2 Å². The molecule has 3 heteroatoms.